The van der Waals surface area contributed by atoms with Crippen LogP contribution in [-0.4, -0.2) is 18.0 Å². The fraction of sp³-hybridized carbons (Fsp3) is 1.00. The first-order chi connectivity index (χ1) is 4.65. The molecule has 1 saturated heterocycles. The Labute approximate surface area is 68.1 Å². The molecule has 0 amide bonds. The van der Waals surface area contributed by atoms with Crippen molar-refractivity contribution in [2.24, 2.45) is 5.92 Å². The van der Waals surface area contributed by atoms with Crippen molar-refractivity contribution >= 4 is 11.6 Å². The van der Waals surface area contributed by atoms with Gasteiger partial charge in [0.15, 0.2) is 0 Å². The molecule has 0 radical (unpaired) electrons. The molecule has 1 aliphatic heterocycles. The highest BCUT2D eigenvalue weighted by molar-refractivity contribution is 6.24. The van der Waals surface area contributed by atoms with E-state index in [1.54, 1.807) is 0 Å². The average Bonchev–Trinajstić information content (AvgIpc) is 1.89. The Morgan fingerprint density at radius 1 is 1.30 bits per heavy atom. The molecule has 1 nitrogen and oxygen atoms in total. The number of hydrogen-bond donors (Lipinski definition) is 1. The Bertz CT molecular complexity index is 106. The van der Waals surface area contributed by atoms with Crippen molar-refractivity contribution < 1.29 is 0 Å². The third-order valence-electron chi connectivity index (χ3n) is 2.47. The molecule has 0 aliphatic carbocycles. The van der Waals surface area contributed by atoms with Crippen LogP contribution < -0.4 is 5.32 Å². The molecular formula is C8H16ClN. The fourth-order valence-electron chi connectivity index (χ4n) is 1.42. The summed E-state index contributed by atoms with van der Waals surface area (Å²) in [5.74, 6) is 0.608. The first kappa shape index (κ1) is 8.35. The highest BCUT2D eigenvalue weighted by Gasteiger charge is 2.32. The van der Waals surface area contributed by atoms with Gasteiger partial charge in [0.1, 0.15) is 0 Å². The van der Waals surface area contributed by atoms with Gasteiger partial charge in [-0.2, -0.15) is 0 Å². The van der Waals surface area contributed by atoms with Crippen LogP contribution in [0.1, 0.15) is 26.7 Å². The van der Waals surface area contributed by atoms with E-state index in [4.69, 9.17) is 11.6 Å². The third kappa shape index (κ3) is 1.64. The van der Waals surface area contributed by atoms with E-state index in [1.807, 2.05) is 0 Å². The van der Waals surface area contributed by atoms with Gasteiger partial charge in [-0.1, -0.05) is 13.8 Å². The third-order valence-corrected chi connectivity index (χ3v) is 3.28. The summed E-state index contributed by atoms with van der Waals surface area (Å²) in [6, 6.07) is 0. The number of hydrogen-bond acceptors (Lipinski definition) is 1. The molecule has 1 N–H and O–H groups in total. The largest absolute Gasteiger partial charge is 0.317 e. The smallest absolute Gasteiger partial charge is 0.0493 e. The summed E-state index contributed by atoms with van der Waals surface area (Å²) in [6.07, 6.45) is 2.23. The van der Waals surface area contributed by atoms with E-state index < -0.39 is 0 Å². The standard InChI is InChI=1S/C8H16ClN/c1-7(2)8(9)3-5-10-6-4-8/h7,10H,3-6H2,1-2H3. The number of rotatable bonds is 1. The Hall–Kier alpha value is 0.250. The monoisotopic (exact) mass is 161 g/mol. The Morgan fingerprint density at radius 2 is 1.80 bits per heavy atom. The Morgan fingerprint density at radius 3 is 2.10 bits per heavy atom. The SMILES string of the molecule is CC(C)C1(Cl)CCNCC1. The maximum atomic E-state index is 6.37. The highest BCUT2D eigenvalue weighted by atomic mass is 35.5. The summed E-state index contributed by atoms with van der Waals surface area (Å²) in [5.41, 5.74) is 0. The summed E-state index contributed by atoms with van der Waals surface area (Å²) < 4.78 is 0. The van der Waals surface area contributed by atoms with Gasteiger partial charge in [-0.15, -0.1) is 11.6 Å². The van der Waals surface area contributed by atoms with Crippen LogP contribution in [0.15, 0.2) is 0 Å². The lowest BCUT2D eigenvalue weighted by molar-refractivity contribution is 0.324. The van der Waals surface area contributed by atoms with E-state index in [2.05, 4.69) is 19.2 Å². The number of halogens is 1. The molecule has 0 atom stereocenters. The van der Waals surface area contributed by atoms with Crippen molar-refractivity contribution in [2.75, 3.05) is 13.1 Å². The molecule has 2 heteroatoms. The molecule has 0 spiro atoms. The van der Waals surface area contributed by atoms with Crippen LogP contribution in [0.4, 0.5) is 0 Å². The summed E-state index contributed by atoms with van der Waals surface area (Å²) in [5, 5.41) is 3.31. The zero-order chi connectivity index (χ0) is 7.61. The molecule has 0 aromatic heterocycles. The molecular weight excluding hydrogens is 146 g/mol. The van der Waals surface area contributed by atoms with Crippen molar-refractivity contribution in [2.45, 2.75) is 31.6 Å². The van der Waals surface area contributed by atoms with Crippen molar-refractivity contribution in [1.82, 2.24) is 5.32 Å². The van der Waals surface area contributed by atoms with Gasteiger partial charge in [0.2, 0.25) is 0 Å². The summed E-state index contributed by atoms with van der Waals surface area (Å²) in [7, 11) is 0. The van der Waals surface area contributed by atoms with Gasteiger partial charge in [0.25, 0.3) is 0 Å². The van der Waals surface area contributed by atoms with Crippen LogP contribution in [-0.2, 0) is 0 Å². The van der Waals surface area contributed by atoms with Crippen LogP contribution in [0.5, 0.6) is 0 Å². The van der Waals surface area contributed by atoms with Crippen LogP contribution in [0.25, 0.3) is 0 Å². The topological polar surface area (TPSA) is 12.0 Å². The second-order valence-electron chi connectivity index (χ2n) is 3.44. The molecule has 1 fully saturated rings. The van der Waals surface area contributed by atoms with E-state index in [0.29, 0.717) is 5.92 Å². The zero-order valence-electron chi connectivity index (χ0n) is 6.78. The molecule has 0 aromatic carbocycles. The first-order valence-corrected chi connectivity index (χ1v) is 4.42. The van der Waals surface area contributed by atoms with Gasteiger partial charge in [0, 0.05) is 4.87 Å². The molecule has 0 bridgehead atoms. The molecule has 0 saturated carbocycles. The fourth-order valence-corrected chi connectivity index (χ4v) is 1.61. The minimum atomic E-state index is 0.0885. The van der Waals surface area contributed by atoms with Crippen LogP contribution >= 0.6 is 11.6 Å². The molecule has 1 rings (SSSR count). The summed E-state index contributed by atoms with van der Waals surface area (Å²) >= 11 is 6.37. The average molecular weight is 162 g/mol. The predicted molar refractivity (Wildman–Crippen MR) is 45.5 cm³/mol. The van der Waals surface area contributed by atoms with Gasteiger partial charge in [-0.25, -0.2) is 0 Å². The highest BCUT2D eigenvalue weighted by Crippen LogP contribution is 2.33. The van der Waals surface area contributed by atoms with Crippen LogP contribution in [0.2, 0.25) is 0 Å². The Kier molecular flexibility index (Phi) is 2.59. The van der Waals surface area contributed by atoms with Crippen molar-refractivity contribution in [3.63, 3.8) is 0 Å². The van der Waals surface area contributed by atoms with E-state index in [0.717, 1.165) is 25.9 Å². The molecule has 0 unspecified atom stereocenters. The number of piperidine rings is 1. The maximum absolute atomic E-state index is 6.37. The van der Waals surface area contributed by atoms with Crippen LogP contribution in [0, 0.1) is 5.92 Å². The first-order valence-electron chi connectivity index (χ1n) is 4.05. The zero-order valence-corrected chi connectivity index (χ0v) is 7.54. The van der Waals surface area contributed by atoms with Gasteiger partial charge in [-0.05, 0) is 31.8 Å². The second kappa shape index (κ2) is 3.10. The minimum absolute atomic E-state index is 0.0885. The molecule has 10 heavy (non-hydrogen) atoms. The van der Waals surface area contributed by atoms with Crippen molar-refractivity contribution in [1.29, 1.82) is 0 Å². The molecule has 0 aromatic rings. The summed E-state index contributed by atoms with van der Waals surface area (Å²) in [4.78, 5) is 0.0885. The normalized spacial score (nSPS) is 25.2. The van der Waals surface area contributed by atoms with Crippen molar-refractivity contribution in [3.8, 4) is 0 Å². The number of nitrogens with one attached hydrogen (secondary N) is 1. The lowest BCUT2D eigenvalue weighted by Gasteiger charge is -2.35. The second-order valence-corrected chi connectivity index (χ2v) is 4.19. The van der Waals surface area contributed by atoms with Gasteiger partial charge < -0.3 is 5.32 Å². The predicted octanol–water partition coefficient (Wildman–Crippen LogP) is 2.00. The van der Waals surface area contributed by atoms with E-state index in [9.17, 15) is 0 Å². The van der Waals surface area contributed by atoms with Gasteiger partial charge in [-0.3, -0.25) is 0 Å². The van der Waals surface area contributed by atoms with E-state index >= 15 is 0 Å². The van der Waals surface area contributed by atoms with E-state index in [-0.39, 0.29) is 4.87 Å². The van der Waals surface area contributed by atoms with Crippen LogP contribution in [0.3, 0.4) is 0 Å². The lowest BCUT2D eigenvalue weighted by atomic mass is 9.86. The molecule has 1 heterocycles. The van der Waals surface area contributed by atoms with E-state index in [1.165, 1.54) is 0 Å². The van der Waals surface area contributed by atoms with Gasteiger partial charge in [0.05, 0.1) is 0 Å². The molecule has 1 aliphatic rings. The minimum Gasteiger partial charge on any atom is -0.317 e. The van der Waals surface area contributed by atoms with Gasteiger partial charge >= 0.3 is 0 Å². The quantitative estimate of drug-likeness (QED) is 0.581. The van der Waals surface area contributed by atoms with Crippen molar-refractivity contribution in [3.05, 3.63) is 0 Å². The summed E-state index contributed by atoms with van der Waals surface area (Å²) in [6.45, 7) is 6.58. The maximum Gasteiger partial charge on any atom is 0.0493 e. The Balaban J connectivity index is 2.48. The molecule has 60 valence electrons. The number of alkyl halides is 1. The lowest BCUT2D eigenvalue weighted by Crippen LogP contribution is -2.41.